The molecule has 2 aromatic carbocycles. The first-order chi connectivity index (χ1) is 11.4. The third-order valence-corrected chi connectivity index (χ3v) is 3.57. The summed E-state index contributed by atoms with van der Waals surface area (Å²) in [6.45, 7) is 0. The molecule has 0 saturated heterocycles. The van der Waals surface area contributed by atoms with E-state index in [0.717, 1.165) is 24.1 Å². The van der Waals surface area contributed by atoms with Crippen LogP contribution in [0.1, 0.15) is 12.0 Å². The second-order valence-electron chi connectivity index (χ2n) is 5.31. The monoisotopic (exact) mass is 337 g/mol. The molecule has 0 bridgehead atoms. The molecule has 0 aromatic heterocycles. The number of hydrogen-bond donors (Lipinski definition) is 1. The number of benzene rings is 2. The van der Waals surface area contributed by atoms with E-state index in [-0.39, 0.29) is 11.7 Å². The number of amides is 1. The molecule has 1 aliphatic rings. The zero-order valence-electron chi connectivity index (χ0n) is 12.5. The number of alkyl halides is 3. The molecule has 0 fully saturated rings. The summed E-state index contributed by atoms with van der Waals surface area (Å²) < 4.78 is 45.8. The minimum atomic E-state index is -4.74. The van der Waals surface area contributed by atoms with Gasteiger partial charge in [0.15, 0.2) is 6.10 Å². The van der Waals surface area contributed by atoms with Crippen molar-refractivity contribution in [2.24, 2.45) is 0 Å². The average Bonchev–Trinajstić information content (AvgIpc) is 2.55. The van der Waals surface area contributed by atoms with Crippen molar-refractivity contribution in [1.82, 2.24) is 0 Å². The minimum absolute atomic E-state index is 0.339. The predicted molar refractivity (Wildman–Crippen MR) is 80.9 cm³/mol. The molecular formula is C17H14F3NO3. The summed E-state index contributed by atoms with van der Waals surface area (Å²) in [5.74, 6) is -0.00448. The fourth-order valence-corrected chi connectivity index (χ4v) is 2.47. The first-order valence-corrected chi connectivity index (χ1v) is 7.32. The fraction of sp³-hybridized carbons (Fsp3) is 0.235. The number of carbonyl (C=O) groups is 1. The van der Waals surface area contributed by atoms with Gasteiger partial charge in [0.1, 0.15) is 11.5 Å². The topological polar surface area (TPSA) is 47.6 Å². The van der Waals surface area contributed by atoms with Crippen molar-refractivity contribution in [1.29, 1.82) is 0 Å². The maximum absolute atomic E-state index is 12.2. The molecule has 3 rings (SSSR count). The number of carbonyl (C=O) groups excluding carboxylic acids is 1. The summed E-state index contributed by atoms with van der Waals surface area (Å²) in [6.07, 6.45) is -4.11. The van der Waals surface area contributed by atoms with Gasteiger partial charge in [-0.3, -0.25) is 4.79 Å². The lowest BCUT2D eigenvalue weighted by Gasteiger charge is -2.25. The fourth-order valence-electron chi connectivity index (χ4n) is 2.47. The van der Waals surface area contributed by atoms with Crippen LogP contribution in [0.5, 0.6) is 11.5 Å². The molecule has 1 atom stereocenters. The summed E-state index contributed by atoms with van der Waals surface area (Å²) in [5.41, 5.74) is 1.42. The zero-order chi connectivity index (χ0) is 17.2. The second-order valence-corrected chi connectivity index (χ2v) is 5.31. The normalized spacial score (nSPS) is 16.7. The number of nitrogens with one attached hydrogen (secondary N) is 1. The van der Waals surface area contributed by atoms with E-state index < -0.39 is 12.5 Å². The Balaban J connectivity index is 1.61. The van der Waals surface area contributed by atoms with Crippen molar-refractivity contribution in [2.75, 3.05) is 5.32 Å². The van der Waals surface area contributed by atoms with Gasteiger partial charge in [-0.2, -0.15) is 0 Å². The van der Waals surface area contributed by atoms with Crippen molar-refractivity contribution in [3.05, 3.63) is 54.1 Å². The summed E-state index contributed by atoms with van der Waals surface area (Å²) in [5, 5.41) is 2.63. The number of hydrogen-bond acceptors (Lipinski definition) is 3. The molecule has 0 aliphatic carbocycles. The number of halogens is 3. The van der Waals surface area contributed by atoms with Crippen LogP contribution < -0.4 is 14.8 Å². The van der Waals surface area contributed by atoms with Gasteiger partial charge in [-0.15, -0.1) is 13.2 Å². The molecule has 24 heavy (non-hydrogen) atoms. The Labute approximate surface area is 136 Å². The molecule has 0 unspecified atom stereocenters. The highest BCUT2D eigenvalue weighted by Gasteiger charge is 2.31. The van der Waals surface area contributed by atoms with E-state index >= 15 is 0 Å². The molecule has 1 amide bonds. The van der Waals surface area contributed by atoms with Crippen molar-refractivity contribution >= 4 is 11.6 Å². The Morgan fingerprint density at radius 2 is 1.83 bits per heavy atom. The zero-order valence-corrected chi connectivity index (χ0v) is 12.5. The van der Waals surface area contributed by atoms with Gasteiger partial charge in [0.25, 0.3) is 5.91 Å². The van der Waals surface area contributed by atoms with E-state index in [1.54, 1.807) is 6.07 Å². The number of anilines is 1. The Kier molecular flexibility index (Phi) is 4.33. The molecule has 1 heterocycles. The van der Waals surface area contributed by atoms with Crippen molar-refractivity contribution < 1.29 is 27.4 Å². The molecule has 0 radical (unpaired) electrons. The van der Waals surface area contributed by atoms with Crippen LogP contribution in [0.3, 0.4) is 0 Å². The highest BCUT2D eigenvalue weighted by atomic mass is 19.4. The number of ether oxygens (including phenoxy) is 2. The highest BCUT2D eigenvalue weighted by Crippen LogP contribution is 2.28. The van der Waals surface area contributed by atoms with Crippen LogP contribution in [0.4, 0.5) is 18.9 Å². The van der Waals surface area contributed by atoms with Crippen LogP contribution in [-0.2, 0) is 11.2 Å². The van der Waals surface area contributed by atoms with E-state index in [1.165, 1.54) is 12.1 Å². The van der Waals surface area contributed by atoms with E-state index in [4.69, 9.17) is 4.74 Å². The lowest BCUT2D eigenvalue weighted by Crippen LogP contribution is -2.35. The van der Waals surface area contributed by atoms with Gasteiger partial charge < -0.3 is 14.8 Å². The molecular weight excluding hydrogens is 323 g/mol. The summed E-state index contributed by atoms with van der Waals surface area (Å²) in [7, 11) is 0. The van der Waals surface area contributed by atoms with Gasteiger partial charge in [-0.25, -0.2) is 0 Å². The Hall–Kier alpha value is -2.70. The largest absolute Gasteiger partial charge is 0.573 e. The molecule has 2 aromatic rings. The van der Waals surface area contributed by atoms with Gasteiger partial charge in [0.2, 0.25) is 0 Å². The van der Waals surface area contributed by atoms with Crippen LogP contribution in [-0.4, -0.2) is 18.4 Å². The molecule has 0 spiro atoms. The molecule has 126 valence electrons. The first kappa shape index (κ1) is 16.2. The van der Waals surface area contributed by atoms with Crippen LogP contribution in [0.25, 0.3) is 0 Å². The molecule has 1 aliphatic heterocycles. The maximum atomic E-state index is 12.2. The molecule has 0 saturated carbocycles. The van der Waals surface area contributed by atoms with Crippen LogP contribution in [0.2, 0.25) is 0 Å². The van der Waals surface area contributed by atoms with Crippen molar-refractivity contribution in [3.63, 3.8) is 0 Å². The van der Waals surface area contributed by atoms with Crippen molar-refractivity contribution in [2.45, 2.75) is 25.3 Å². The standard InChI is InChI=1S/C17H14F3NO3/c18-17(19,20)24-13-8-6-12(7-9-13)21-16(22)15-10-5-11-3-1-2-4-14(11)23-15/h1-4,6-9,15H,5,10H2,(H,21,22)/t15-/m0/s1. The number of para-hydroxylation sites is 1. The molecule has 4 nitrogen and oxygen atoms in total. The highest BCUT2D eigenvalue weighted by molar-refractivity contribution is 5.94. The SMILES string of the molecule is O=C(Nc1ccc(OC(F)(F)F)cc1)[C@@H]1CCc2ccccc2O1. The minimum Gasteiger partial charge on any atom is -0.480 e. The van der Waals surface area contributed by atoms with Gasteiger partial charge in [0.05, 0.1) is 0 Å². The van der Waals surface area contributed by atoms with Crippen LogP contribution in [0, 0.1) is 0 Å². The lowest BCUT2D eigenvalue weighted by atomic mass is 10.0. The van der Waals surface area contributed by atoms with Crippen LogP contribution >= 0.6 is 0 Å². The maximum Gasteiger partial charge on any atom is 0.573 e. The Morgan fingerprint density at radius 1 is 1.12 bits per heavy atom. The predicted octanol–water partition coefficient (Wildman–Crippen LogP) is 3.92. The molecule has 7 heteroatoms. The quantitative estimate of drug-likeness (QED) is 0.923. The van der Waals surface area contributed by atoms with Gasteiger partial charge >= 0.3 is 6.36 Å². The van der Waals surface area contributed by atoms with E-state index in [0.29, 0.717) is 17.9 Å². The number of rotatable bonds is 3. The van der Waals surface area contributed by atoms with Crippen LogP contribution in [0.15, 0.2) is 48.5 Å². The van der Waals surface area contributed by atoms with Gasteiger partial charge in [-0.05, 0) is 48.7 Å². The Morgan fingerprint density at radius 3 is 2.54 bits per heavy atom. The summed E-state index contributed by atoms with van der Waals surface area (Å²) in [4.78, 5) is 12.2. The number of aryl methyl sites for hydroxylation is 1. The van der Waals surface area contributed by atoms with Gasteiger partial charge in [0, 0.05) is 5.69 Å². The van der Waals surface area contributed by atoms with E-state index in [9.17, 15) is 18.0 Å². The second kappa shape index (κ2) is 6.43. The third kappa shape index (κ3) is 3.98. The van der Waals surface area contributed by atoms with Crippen molar-refractivity contribution in [3.8, 4) is 11.5 Å². The Bertz CT molecular complexity index is 729. The molecule has 1 N–H and O–H groups in total. The summed E-state index contributed by atoms with van der Waals surface area (Å²) >= 11 is 0. The van der Waals surface area contributed by atoms with E-state index in [2.05, 4.69) is 10.1 Å². The summed E-state index contributed by atoms with van der Waals surface area (Å²) in [6, 6.07) is 12.5. The lowest BCUT2D eigenvalue weighted by molar-refractivity contribution is -0.274. The van der Waals surface area contributed by atoms with E-state index in [1.807, 2.05) is 18.2 Å². The first-order valence-electron chi connectivity index (χ1n) is 7.32. The number of fused-ring (bicyclic) bond motifs is 1. The smallest absolute Gasteiger partial charge is 0.480 e. The third-order valence-electron chi connectivity index (χ3n) is 3.57. The average molecular weight is 337 g/mol. The van der Waals surface area contributed by atoms with Gasteiger partial charge in [-0.1, -0.05) is 18.2 Å².